The highest BCUT2D eigenvalue weighted by atomic mass is 32.1. The van der Waals surface area contributed by atoms with Crippen LogP contribution in [-0.2, 0) is 6.54 Å². The molecular formula is C16H19N3OS. The van der Waals surface area contributed by atoms with E-state index in [1.54, 1.807) is 18.4 Å². The van der Waals surface area contributed by atoms with Crippen molar-refractivity contribution in [3.63, 3.8) is 0 Å². The molecule has 5 heteroatoms. The molecule has 1 atom stereocenters. The molecule has 3 rings (SSSR count). The number of nitrogens with zero attached hydrogens (tertiary/aromatic N) is 2. The molecule has 0 saturated carbocycles. The van der Waals surface area contributed by atoms with Crippen molar-refractivity contribution in [1.82, 2.24) is 14.7 Å². The molecule has 0 fully saturated rings. The molecule has 0 radical (unpaired) electrons. The minimum absolute atomic E-state index is 0.253. The number of imidazole rings is 1. The maximum absolute atomic E-state index is 5.28. The minimum Gasteiger partial charge on any atom is -0.497 e. The number of hydrogen-bond donors (Lipinski definition) is 1. The molecule has 1 aromatic carbocycles. The number of fused-ring (bicyclic) bond motifs is 1. The fraction of sp³-hybridized carbons (Fsp3) is 0.312. The fourth-order valence-corrected chi connectivity index (χ4v) is 3.21. The van der Waals surface area contributed by atoms with Gasteiger partial charge in [0.05, 0.1) is 18.5 Å². The molecule has 0 saturated heterocycles. The summed E-state index contributed by atoms with van der Waals surface area (Å²) >= 11 is 1.67. The molecule has 21 heavy (non-hydrogen) atoms. The van der Waals surface area contributed by atoms with Crippen LogP contribution < -0.4 is 10.1 Å². The maximum atomic E-state index is 5.28. The second kappa shape index (κ2) is 5.87. The number of hydrogen-bond acceptors (Lipinski definition) is 4. The van der Waals surface area contributed by atoms with E-state index in [-0.39, 0.29) is 6.04 Å². The Morgan fingerprint density at radius 2 is 2.29 bits per heavy atom. The van der Waals surface area contributed by atoms with Gasteiger partial charge in [0.15, 0.2) is 4.96 Å². The van der Waals surface area contributed by atoms with Crippen LogP contribution in [0.2, 0.25) is 0 Å². The van der Waals surface area contributed by atoms with Gasteiger partial charge in [0.25, 0.3) is 0 Å². The third-order valence-electron chi connectivity index (χ3n) is 3.73. The van der Waals surface area contributed by atoms with Gasteiger partial charge < -0.3 is 10.1 Å². The highest BCUT2D eigenvalue weighted by Crippen LogP contribution is 2.21. The van der Waals surface area contributed by atoms with E-state index in [0.29, 0.717) is 0 Å². The largest absolute Gasteiger partial charge is 0.497 e. The van der Waals surface area contributed by atoms with Crippen molar-refractivity contribution in [2.75, 3.05) is 7.11 Å². The summed E-state index contributed by atoms with van der Waals surface area (Å²) in [6.07, 6.45) is 2.08. The highest BCUT2D eigenvalue weighted by Gasteiger charge is 2.11. The van der Waals surface area contributed by atoms with Crippen LogP contribution in [0.3, 0.4) is 0 Å². The van der Waals surface area contributed by atoms with Gasteiger partial charge in [-0.05, 0) is 31.5 Å². The number of benzene rings is 1. The molecule has 1 N–H and O–H groups in total. The molecule has 0 aliphatic rings. The summed E-state index contributed by atoms with van der Waals surface area (Å²) in [4.78, 5) is 5.63. The second-order valence-electron chi connectivity index (χ2n) is 5.08. The third-order valence-corrected chi connectivity index (χ3v) is 4.49. The quantitative estimate of drug-likeness (QED) is 0.783. The zero-order valence-corrected chi connectivity index (χ0v) is 13.3. The topological polar surface area (TPSA) is 38.6 Å². The van der Waals surface area contributed by atoms with Crippen molar-refractivity contribution in [3.8, 4) is 5.75 Å². The Kier molecular flexibility index (Phi) is 3.94. The van der Waals surface area contributed by atoms with E-state index >= 15 is 0 Å². The molecular weight excluding hydrogens is 282 g/mol. The van der Waals surface area contributed by atoms with Gasteiger partial charge in [-0.3, -0.25) is 4.40 Å². The standard InChI is InChI=1S/C16H19N3OS/c1-11(13-5-4-6-14(9-13)20-3)17-10-15-12(2)18-16-19(15)7-8-21-16/h4-9,11,17H,10H2,1-3H3. The van der Waals surface area contributed by atoms with Crippen LogP contribution in [-0.4, -0.2) is 16.5 Å². The number of nitrogens with one attached hydrogen (secondary N) is 1. The Balaban J connectivity index is 1.74. The smallest absolute Gasteiger partial charge is 0.194 e. The summed E-state index contributed by atoms with van der Waals surface area (Å²) in [6.45, 7) is 5.02. The van der Waals surface area contributed by atoms with Gasteiger partial charge in [-0.25, -0.2) is 4.98 Å². The van der Waals surface area contributed by atoms with Crippen molar-refractivity contribution in [2.24, 2.45) is 0 Å². The molecule has 0 amide bonds. The van der Waals surface area contributed by atoms with Gasteiger partial charge in [0.1, 0.15) is 5.75 Å². The van der Waals surface area contributed by atoms with E-state index in [0.717, 1.165) is 22.9 Å². The Bertz CT molecular complexity index is 747. The Morgan fingerprint density at radius 3 is 3.10 bits per heavy atom. The van der Waals surface area contributed by atoms with Gasteiger partial charge in [0.2, 0.25) is 0 Å². The lowest BCUT2D eigenvalue weighted by molar-refractivity contribution is 0.413. The predicted molar refractivity (Wildman–Crippen MR) is 86.1 cm³/mol. The summed E-state index contributed by atoms with van der Waals surface area (Å²) in [5, 5.41) is 5.63. The summed E-state index contributed by atoms with van der Waals surface area (Å²) < 4.78 is 7.44. The van der Waals surface area contributed by atoms with Crippen molar-refractivity contribution in [1.29, 1.82) is 0 Å². The summed E-state index contributed by atoms with van der Waals surface area (Å²) in [7, 11) is 1.69. The van der Waals surface area contributed by atoms with E-state index in [1.165, 1.54) is 11.3 Å². The number of aryl methyl sites for hydroxylation is 1. The Morgan fingerprint density at radius 1 is 1.43 bits per heavy atom. The lowest BCUT2D eigenvalue weighted by Crippen LogP contribution is -2.19. The van der Waals surface area contributed by atoms with Gasteiger partial charge in [-0.2, -0.15) is 0 Å². The summed E-state index contributed by atoms with van der Waals surface area (Å²) in [6, 6.07) is 8.42. The van der Waals surface area contributed by atoms with Crippen LogP contribution in [0, 0.1) is 6.92 Å². The number of thiazole rings is 1. The lowest BCUT2D eigenvalue weighted by atomic mass is 10.1. The first-order valence-corrected chi connectivity index (χ1v) is 7.85. The van der Waals surface area contributed by atoms with Crippen LogP contribution in [0.25, 0.3) is 4.96 Å². The van der Waals surface area contributed by atoms with Crippen LogP contribution in [0.15, 0.2) is 35.8 Å². The van der Waals surface area contributed by atoms with E-state index in [1.807, 2.05) is 12.1 Å². The first kappa shape index (κ1) is 14.1. The third kappa shape index (κ3) is 2.80. The van der Waals surface area contributed by atoms with Gasteiger partial charge in [-0.15, -0.1) is 11.3 Å². The Labute approximate surface area is 128 Å². The number of aromatic nitrogens is 2. The molecule has 3 aromatic rings. The van der Waals surface area contributed by atoms with E-state index in [4.69, 9.17) is 4.74 Å². The van der Waals surface area contributed by atoms with E-state index < -0.39 is 0 Å². The Hall–Kier alpha value is -1.85. The van der Waals surface area contributed by atoms with Gasteiger partial charge in [0, 0.05) is 24.2 Å². The minimum atomic E-state index is 0.253. The van der Waals surface area contributed by atoms with Crippen molar-refractivity contribution in [2.45, 2.75) is 26.4 Å². The maximum Gasteiger partial charge on any atom is 0.194 e. The van der Waals surface area contributed by atoms with Crippen molar-refractivity contribution in [3.05, 3.63) is 52.8 Å². The highest BCUT2D eigenvalue weighted by molar-refractivity contribution is 7.15. The molecule has 0 spiro atoms. The normalized spacial score (nSPS) is 12.7. The van der Waals surface area contributed by atoms with Crippen LogP contribution >= 0.6 is 11.3 Å². The molecule has 2 aromatic heterocycles. The van der Waals surface area contributed by atoms with Gasteiger partial charge in [-0.1, -0.05) is 12.1 Å². The molecule has 110 valence electrons. The van der Waals surface area contributed by atoms with E-state index in [9.17, 15) is 0 Å². The van der Waals surface area contributed by atoms with Crippen LogP contribution in [0.5, 0.6) is 5.75 Å². The monoisotopic (exact) mass is 301 g/mol. The van der Waals surface area contributed by atoms with Crippen molar-refractivity contribution < 1.29 is 4.74 Å². The fourth-order valence-electron chi connectivity index (χ4n) is 2.43. The summed E-state index contributed by atoms with van der Waals surface area (Å²) in [5.74, 6) is 0.891. The molecule has 2 heterocycles. The predicted octanol–water partition coefficient (Wildman–Crippen LogP) is 3.56. The average Bonchev–Trinajstić information content (AvgIpc) is 3.05. The van der Waals surface area contributed by atoms with E-state index in [2.05, 4.69) is 52.3 Å². The lowest BCUT2D eigenvalue weighted by Gasteiger charge is -2.15. The molecule has 0 bridgehead atoms. The van der Waals surface area contributed by atoms with Gasteiger partial charge >= 0.3 is 0 Å². The zero-order valence-electron chi connectivity index (χ0n) is 12.5. The zero-order chi connectivity index (χ0) is 14.8. The number of methoxy groups -OCH3 is 1. The first-order valence-electron chi connectivity index (χ1n) is 6.97. The molecule has 0 aliphatic carbocycles. The first-order chi connectivity index (χ1) is 10.2. The molecule has 4 nitrogen and oxygen atoms in total. The summed E-state index contributed by atoms with van der Waals surface area (Å²) in [5.41, 5.74) is 3.53. The molecule has 0 aliphatic heterocycles. The SMILES string of the molecule is COc1cccc(C(C)NCc2c(C)nc3sccn23)c1. The number of rotatable bonds is 5. The van der Waals surface area contributed by atoms with Crippen molar-refractivity contribution >= 4 is 16.3 Å². The number of ether oxygens (including phenoxy) is 1. The van der Waals surface area contributed by atoms with Crippen LogP contribution in [0.4, 0.5) is 0 Å². The molecule has 1 unspecified atom stereocenters. The van der Waals surface area contributed by atoms with Crippen LogP contribution in [0.1, 0.15) is 29.9 Å². The average molecular weight is 301 g/mol. The second-order valence-corrected chi connectivity index (χ2v) is 5.95.